The van der Waals surface area contributed by atoms with Crippen LogP contribution in [0.3, 0.4) is 0 Å². The van der Waals surface area contributed by atoms with Gasteiger partial charge in [-0.2, -0.15) is 0 Å². The SMILES string of the molecule is COC(=O)c1ccc(NC2CCN(C)CC2)o1. The number of ether oxygens (including phenoxy) is 1. The Hall–Kier alpha value is -1.49. The zero-order valence-corrected chi connectivity index (χ0v) is 10.2. The highest BCUT2D eigenvalue weighted by Crippen LogP contribution is 2.19. The van der Waals surface area contributed by atoms with E-state index in [1.54, 1.807) is 12.1 Å². The number of esters is 1. The number of carbonyl (C=O) groups is 1. The quantitative estimate of drug-likeness (QED) is 0.810. The highest BCUT2D eigenvalue weighted by atomic mass is 16.5. The molecule has 1 fully saturated rings. The van der Waals surface area contributed by atoms with E-state index in [2.05, 4.69) is 22.0 Å². The number of methoxy groups -OCH3 is 1. The first-order valence-electron chi connectivity index (χ1n) is 5.82. The molecule has 0 aromatic carbocycles. The number of carbonyl (C=O) groups excluding carboxylic acids is 1. The van der Waals surface area contributed by atoms with E-state index in [1.807, 2.05) is 0 Å². The molecular weight excluding hydrogens is 220 g/mol. The molecule has 94 valence electrons. The smallest absolute Gasteiger partial charge is 0.374 e. The summed E-state index contributed by atoms with van der Waals surface area (Å²) >= 11 is 0. The maximum atomic E-state index is 11.2. The van der Waals surface area contributed by atoms with Crippen molar-refractivity contribution in [2.45, 2.75) is 18.9 Å². The van der Waals surface area contributed by atoms with Crippen molar-refractivity contribution in [1.29, 1.82) is 0 Å². The fraction of sp³-hybridized carbons (Fsp3) is 0.583. The van der Waals surface area contributed by atoms with Crippen molar-refractivity contribution in [2.75, 3.05) is 32.6 Å². The average Bonchev–Trinajstić information content (AvgIpc) is 2.80. The van der Waals surface area contributed by atoms with Crippen molar-refractivity contribution < 1.29 is 13.9 Å². The molecule has 1 saturated heterocycles. The molecule has 2 rings (SSSR count). The maximum absolute atomic E-state index is 11.2. The van der Waals surface area contributed by atoms with Crippen LogP contribution in [0.1, 0.15) is 23.4 Å². The Balaban J connectivity index is 1.90. The molecule has 0 saturated carbocycles. The Kier molecular flexibility index (Phi) is 3.68. The third kappa shape index (κ3) is 3.00. The molecule has 17 heavy (non-hydrogen) atoms. The Bertz CT molecular complexity index is 381. The molecule has 5 nitrogen and oxygen atoms in total. The van der Waals surface area contributed by atoms with Gasteiger partial charge in [-0.3, -0.25) is 0 Å². The molecule has 1 aliphatic rings. The molecule has 5 heteroatoms. The molecule has 1 N–H and O–H groups in total. The van der Waals surface area contributed by atoms with Crippen LogP contribution in [0.15, 0.2) is 16.5 Å². The fourth-order valence-electron chi connectivity index (χ4n) is 1.98. The molecule has 1 aliphatic heterocycles. The minimum absolute atomic E-state index is 0.239. The molecule has 2 heterocycles. The molecule has 1 aromatic heterocycles. The second kappa shape index (κ2) is 5.23. The van der Waals surface area contributed by atoms with E-state index in [0.29, 0.717) is 11.9 Å². The lowest BCUT2D eigenvalue weighted by Crippen LogP contribution is -2.36. The van der Waals surface area contributed by atoms with Gasteiger partial charge in [0.05, 0.1) is 7.11 Å². The van der Waals surface area contributed by atoms with Gasteiger partial charge < -0.3 is 19.4 Å². The van der Waals surface area contributed by atoms with E-state index in [9.17, 15) is 4.79 Å². The summed E-state index contributed by atoms with van der Waals surface area (Å²) in [4.78, 5) is 13.5. The summed E-state index contributed by atoms with van der Waals surface area (Å²) < 4.78 is 9.95. The van der Waals surface area contributed by atoms with Crippen molar-refractivity contribution in [3.63, 3.8) is 0 Å². The van der Waals surface area contributed by atoms with Crippen LogP contribution in [0, 0.1) is 0 Å². The predicted molar refractivity (Wildman–Crippen MR) is 64.2 cm³/mol. The van der Waals surface area contributed by atoms with Crippen LogP contribution in [-0.4, -0.2) is 44.2 Å². The standard InChI is InChI=1S/C12H18N2O3/c1-14-7-5-9(6-8-14)13-11-4-3-10(17-11)12(15)16-2/h3-4,9,13H,5-8H2,1-2H3. The summed E-state index contributed by atoms with van der Waals surface area (Å²) in [6.45, 7) is 2.17. The van der Waals surface area contributed by atoms with E-state index in [0.717, 1.165) is 25.9 Å². The van der Waals surface area contributed by atoms with Crippen LogP contribution in [-0.2, 0) is 4.74 Å². The Morgan fingerprint density at radius 2 is 2.18 bits per heavy atom. The monoisotopic (exact) mass is 238 g/mol. The molecule has 0 amide bonds. The Labute approximate surface area is 101 Å². The van der Waals surface area contributed by atoms with Crippen LogP contribution in [0.2, 0.25) is 0 Å². The van der Waals surface area contributed by atoms with E-state index >= 15 is 0 Å². The molecule has 0 spiro atoms. The summed E-state index contributed by atoms with van der Waals surface area (Å²) in [6, 6.07) is 3.82. The van der Waals surface area contributed by atoms with Crippen LogP contribution < -0.4 is 5.32 Å². The van der Waals surface area contributed by atoms with Gasteiger partial charge in [0, 0.05) is 12.1 Å². The first-order valence-corrected chi connectivity index (χ1v) is 5.82. The van der Waals surface area contributed by atoms with Crippen molar-refractivity contribution in [2.24, 2.45) is 0 Å². The van der Waals surface area contributed by atoms with Crippen LogP contribution >= 0.6 is 0 Å². The Morgan fingerprint density at radius 3 is 2.82 bits per heavy atom. The van der Waals surface area contributed by atoms with E-state index in [1.165, 1.54) is 7.11 Å². The number of furan rings is 1. The zero-order valence-electron chi connectivity index (χ0n) is 10.2. The molecule has 1 aromatic rings. The first kappa shape index (κ1) is 12.0. The molecule has 0 unspecified atom stereocenters. The first-order chi connectivity index (χ1) is 8.19. The second-order valence-electron chi connectivity index (χ2n) is 4.38. The molecule has 0 bridgehead atoms. The lowest BCUT2D eigenvalue weighted by molar-refractivity contribution is 0.0566. The summed E-state index contributed by atoms with van der Waals surface area (Å²) in [7, 11) is 3.47. The number of anilines is 1. The third-order valence-electron chi connectivity index (χ3n) is 3.06. The van der Waals surface area contributed by atoms with Crippen LogP contribution in [0.5, 0.6) is 0 Å². The Morgan fingerprint density at radius 1 is 1.47 bits per heavy atom. The normalized spacial score (nSPS) is 18.0. The van der Waals surface area contributed by atoms with Gasteiger partial charge in [-0.1, -0.05) is 0 Å². The average molecular weight is 238 g/mol. The highest BCUT2D eigenvalue weighted by Gasteiger charge is 2.18. The topological polar surface area (TPSA) is 54.7 Å². The summed E-state index contributed by atoms with van der Waals surface area (Å²) in [5.41, 5.74) is 0. The number of nitrogens with zero attached hydrogens (tertiary/aromatic N) is 1. The number of likely N-dealkylation sites (tertiary alicyclic amines) is 1. The van der Waals surface area contributed by atoms with Crippen molar-refractivity contribution in [1.82, 2.24) is 4.90 Å². The summed E-state index contributed by atoms with van der Waals surface area (Å²) in [5, 5.41) is 3.30. The van der Waals surface area contributed by atoms with Crippen molar-refractivity contribution in [3.8, 4) is 0 Å². The number of hydrogen-bond acceptors (Lipinski definition) is 5. The minimum Gasteiger partial charge on any atom is -0.463 e. The van der Waals surface area contributed by atoms with E-state index in [-0.39, 0.29) is 5.76 Å². The number of nitrogens with one attached hydrogen (secondary N) is 1. The molecule has 0 atom stereocenters. The van der Waals surface area contributed by atoms with Crippen molar-refractivity contribution >= 4 is 11.9 Å². The second-order valence-corrected chi connectivity index (χ2v) is 4.38. The van der Waals surface area contributed by atoms with Gasteiger partial charge in [0.1, 0.15) is 0 Å². The lowest BCUT2D eigenvalue weighted by Gasteiger charge is -2.29. The number of rotatable bonds is 3. The minimum atomic E-state index is -0.443. The molecule has 0 radical (unpaired) electrons. The lowest BCUT2D eigenvalue weighted by atomic mass is 10.1. The van der Waals surface area contributed by atoms with Crippen LogP contribution in [0.25, 0.3) is 0 Å². The zero-order chi connectivity index (χ0) is 12.3. The fourth-order valence-corrected chi connectivity index (χ4v) is 1.98. The predicted octanol–water partition coefficient (Wildman–Crippen LogP) is 1.57. The van der Waals surface area contributed by atoms with Gasteiger partial charge in [0.2, 0.25) is 5.76 Å². The van der Waals surface area contributed by atoms with Crippen LogP contribution in [0.4, 0.5) is 5.88 Å². The van der Waals surface area contributed by atoms with Gasteiger partial charge >= 0.3 is 5.97 Å². The molecule has 0 aliphatic carbocycles. The van der Waals surface area contributed by atoms with Gasteiger partial charge in [-0.25, -0.2) is 4.79 Å². The largest absolute Gasteiger partial charge is 0.463 e. The van der Waals surface area contributed by atoms with E-state index < -0.39 is 5.97 Å². The highest BCUT2D eigenvalue weighted by molar-refractivity contribution is 5.86. The van der Waals surface area contributed by atoms with Gasteiger partial charge in [0.25, 0.3) is 0 Å². The summed E-state index contributed by atoms with van der Waals surface area (Å²) in [5.74, 6) is 0.435. The van der Waals surface area contributed by atoms with Gasteiger partial charge in [-0.15, -0.1) is 0 Å². The van der Waals surface area contributed by atoms with Gasteiger partial charge in [0.15, 0.2) is 5.88 Å². The molecular formula is C12H18N2O3. The van der Waals surface area contributed by atoms with E-state index in [4.69, 9.17) is 4.42 Å². The summed E-state index contributed by atoms with van der Waals surface area (Å²) in [6.07, 6.45) is 2.18. The number of hydrogen-bond donors (Lipinski definition) is 1. The third-order valence-corrected chi connectivity index (χ3v) is 3.06. The van der Waals surface area contributed by atoms with Gasteiger partial charge in [-0.05, 0) is 39.0 Å². The maximum Gasteiger partial charge on any atom is 0.374 e. The number of piperidine rings is 1. The van der Waals surface area contributed by atoms with Crippen molar-refractivity contribution in [3.05, 3.63) is 17.9 Å².